The second-order valence-electron chi connectivity index (χ2n) is 4.61. The van der Waals surface area contributed by atoms with Crippen LogP contribution in [0.25, 0.3) is 11.1 Å². The normalized spacial score (nSPS) is 13.8. The average molecular weight is 271 g/mol. The van der Waals surface area contributed by atoms with Gasteiger partial charge >= 0.3 is 5.97 Å². The van der Waals surface area contributed by atoms with Gasteiger partial charge in [0.2, 0.25) is 5.60 Å². The van der Waals surface area contributed by atoms with Gasteiger partial charge in [-0.15, -0.1) is 0 Å². The lowest BCUT2D eigenvalue weighted by molar-refractivity contribution is -0.154. The molecule has 20 heavy (non-hydrogen) atoms. The smallest absolute Gasteiger partial charge is 0.345 e. The Kier molecular flexibility index (Phi) is 3.88. The third kappa shape index (κ3) is 1.99. The first-order valence-corrected chi connectivity index (χ1v) is 6.31. The van der Waals surface area contributed by atoms with Crippen LogP contribution >= 0.6 is 0 Å². The molecule has 4 nitrogen and oxygen atoms in total. The molecule has 2 aromatic carbocycles. The molecule has 0 atom stereocenters. The van der Waals surface area contributed by atoms with Crippen molar-refractivity contribution in [3.05, 3.63) is 59.7 Å². The van der Waals surface area contributed by atoms with E-state index in [1.165, 1.54) is 0 Å². The topological polar surface area (TPSA) is 69.6 Å². The largest absolute Gasteiger partial charge is 0.479 e. The van der Waals surface area contributed by atoms with E-state index in [4.69, 9.17) is 0 Å². The lowest BCUT2D eigenvalue weighted by Gasteiger charge is -2.19. The Balaban J connectivity index is 0.000000452. The maximum Gasteiger partial charge on any atom is 0.345 e. The van der Waals surface area contributed by atoms with E-state index < -0.39 is 11.6 Å². The van der Waals surface area contributed by atoms with Crippen molar-refractivity contribution >= 4 is 5.97 Å². The molecule has 4 heteroatoms. The van der Waals surface area contributed by atoms with E-state index in [1.54, 1.807) is 24.3 Å². The van der Waals surface area contributed by atoms with Crippen molar-refractivity contribution in [2.75, 3.05) is 14.1 Å². The molecule has 104 valence electrons. The van der Waals surface area contributed by atoms with Gasteiger partial charge < -0.3 is 15.5 Å². The number of rotatable bonds is 1. The van der Waals surface area contributed by atoms with Crippen LogP contribution in [0.4, 0.5) is 0 Å². The third-order valence-corrected chi connectivity index (χ3v) is 3.23. The fourth-order valence-corrected chi connectivity index (χ4v) is 2.44. The standard InChI is InChI=1S/C14H10O3.C2H7N/c15-13(16)14(17)11-7-3-1-5-9(11)10-6-2-4-8-12(10)14;1-3-2/h1-8,17H,(H,15,16);3H,1-2H3. The molecule has 0 heterocycles. The zero-order valence-electron chi connectivity index (χ0n) is 11.4. The number of hydrogen-bond acceptors (Lipinski definition) is 3. The first-order chi connectivity index (χ1) is 9.57. The molecule has 3 rings (SSSR count). The molecule has 3 N–H and O–H groups in total. The Morgan fingerprint density at radius 1 is 0.950 bits per heavy atom. The predicted octanol–water partition coefficient (Wildman–Crippen LogP) is 1.82. The maximum atomic E-state index is 11.4. The maximum absolute atomic E-state index is 11.4. The summed E-state index contributed by atoms with van der Waals surface area (Å²) in [6, 6.07) is 14.1. The summed E-state index contributed by atoms with van der Waals surface area (Å²) in [6.07, 6.45) is 0. The van der Waals surface area contributed by atoms with E-state index in [0.717, 1.165) is 11.1 Å². The molecule has 0 aliphatic heterocycles. The van der Waals surface area contributed by atoms with Crippen molar-refractivity contribution in [1.29, 1.82) is 0 Å². The van der Waals surface area contributed by atoms with Gasteiger partial charge in [-0.1, -0.05) is 48.5 Å². The molecular formula is C16H17NO3. The Labute approximate surface area is 117 Å². The van der Waals surface area contributed by atoms with Gasteiger partial charge in [-0.2, -0.15) is 0 Å². The van der Waals surface area contributed by atoms with Crippen molar-refractivity contribution in [3.8, 4) is 11.1 Å². The summed E-state index contributed by atoms with van der Waals surface area (Å²) in [4.78, 5) is 11.4. The van der Waals surface area contributed by atoms with E-state index in [-0.39, 0.29) is 0 Å². The van der Waals surface area contributed by atoms with Crippen LogP contribution in [0.15, 0.2) is 48.5 Å². The van der Waals surface area contributed by atoms with Crippen LogP contribution < -0.4 is 5.32 Å². The first-order valence-electron chi connectivity index (χ1n) is 6.31. The molecule has 0 aromatic heterocycles. The summed E-state index contributed by atoms with van der Waals surface area (Å²) in [5, 5.41) is 22.5. The Morgan fingerprint density at radius 2 is 1.30 bits per heavy atom. The summed E-state index contributed by atoms with van der Waals surface area (Å²) in [6.45, 7) is 0. The van der Waals surface area contributed by atoms with E-state index >= 15 is 0 Å². The Bertz CT molecular complexity index is 592. The third-order valence-electron chi connectivity index (χ3n) is 3.23. The van der Waals surface area contributed by atoms with E-state index in [9.17, 15) is 15.0 Å². The second-order valence-corrected chi connectivity index (χ2v) is 4.61. The number of fused-ring (bicyclic) bond motifs is 3. The molecule has 0 radical (unpaired) electrons. The van der Waals surface area contributed by atoms with Gasteiger partial charge in [0, 0.05) is 11.1 Å². The number of benzene rings is 2. The van der Waals surface area contributed by atoms with Gasteiger partial charge in [0.05, 0.1) is 0 Å². The molecule has 1 aliphatic rings. The lowest BCUT2D eigenvalue weighted by Crippen LogP contribution is -2.34. The number of aliphatic carboxylic acids is 1. The predicted molar refractivity (Wildman–Crippen MR) is 77.5 cm³/mol. The summed E-state index contributed by atoms with van der Waals surface area (Å²) in [7, 11) is 3.75. The molecule has 0 saturated carbocycles. The zero-order valence-corrected chi connectivity index (χ0v) is 11.4. The highest BCUT2D eigenvalue weighted by molar-refractivity contribution is 5.95. The zero-order chi connectivity index (χ0) is 14.8. The van der Waals surface area contributed by atoms with Gasteiger partial charge in [-0.05, 0) is 25.2 Å². The molecule has 1 aliphatic carbocycles. The molecular weight excluding hydrogens is 254 g/mol. The Hall–Kier alpha value is -2.17. The minimum absolute atomic E-state index is 0.439. The molecule has 0 amide bonds. The second kappa shape index (κ2) is 5.45. The van der Waals surface area contributed by atoms with Gasteiger partial charge in [0.15, 0.2) is 0 Å². The van der Waals surface area contributed by atoms with Crippen molar-refractivity contribution in [1.82, 2.24) is 5.32 Å². The SMILES string of the molecule is CNC.O=C(O)C1(O)c2ccccc2-c2ccccc21. The molecule has 0 bridgehead atoms. The highest BCUT2D eigenvalue weighted by atomic mass is 16.4. The van der Waals surface area contributed by atoms with Crippen LogP contribution in [0.5, 0.6) is 0 Å². The summed E-state index contributed by atoms with van der Waals surface area (Å²) in [5.74, 6) is -1.24. The first kappa shape index (κ1) is 14.2. The molecule has 0 spiro atoms. The van der Waals surface area contributed by atoms with E-state index in [2.05, 4.69) is 5.32 Å². The average Bonchev–Trinajstić information content (AvgIpc) is 2.72. The van der Waals surface area contributed by atoms with Crippen LogP contribution in [0, 0.1) is 0 Å². The van der Waals surface area contributed by atoms with Crippen LogP contribution in [0.1, 0.15) is 11.1 Å². The number of carbonyl (C=O) groups is 1. The van der Waals surface area contributed by atoms with Crippen LogP contribution in [0.3, 0.4) is 0 Å². The molecule has 0 unspecified atom stereocenters. The van der Waals surface area contributed by atoms with Crippen LogP contribution in [0.2, 0.25) is 0 Å². The van der Waals surface area contributed by atoms with Gasteiger partial charge in [-0.3, -0.25) is 0 Å². The van der Waals surface area contributed by atoms with Gasteiger partial charge in [0.1, 0.15) is 0 Å². The minimum Gasteiger partial charge on any atom is -0.479 e. The number of aliphatic hydroxyl groups is 1. The van der Waals surface area contributed by atoms with Crippen molar-refractivity contribution in [2.24, 2.45) is 0 Å². The fourth-order valence-electron chi connectivity index (χ4n) is 2.44. The van der Waals surface area contributed by atoms with E-state index in [1.807, 2.05) is 38.4 Å². The highest BCUT2D eigenvalue weighted by Crippen LogP contribution is 2.47. The minimum atomic E-state index is -1.92. The summed E-state index contributed by atoms with van der Waals surface area (Å²) in [5.41, 5.74) is 0.524. The van der Waals surface area contributed by atoms with E-state index in [0.29, 0.717) is 11.1 Å². The monoisotopic (exact) mass is 271 g/mol. The summed E-state index contributed by atoms with van der Waals surface area (Å²) >= 11 is 0. The van der Waals surface area contributed by atoms with Crippen molar-refractivity contribution < 1.29 is 15.0 Å². The quantitative estimate of drug-likeness (QED) is 0.740. The number of nitrogens with one attached hydrogen (secondary N) is 1. The molecule has 0 fully saturated rings. The van der Waals surface area contributed by atoms with Crippen LogP contribution in [-0.2, 0) is 10.4 Å². The lowest BCUT2D eigenvalue weighted by atomic mass is 9.92. The van der Waals surface area contributed by atoms with Gasteiger partial charge in [-0.25, -0.2) is 4.79 Å². The van der Waals surface area contributed by atoms with Crippen molar-refractivity contribution in [2.45, 2.75) is 5.60 Å². The Morgan fingerprint density at radius 3 is 1.65 bits per heavy atom. The number of hydrogen-bond donors (Lipinski definition) is 3. The fraction of sp³-hybridized carbons (Fsp3) is 0.188. The van der Waals surface area contributed by atoms with Crippen LogP contribution in [-0.4, -0.2) is 30.3 Å². The highest BCUT2D eigenvalue weighted by Gasteiger charge is 2.47. The van der Waals surface area contributed by atoms with Gasteiger partial charge in [0.25, 0.3) is 0 Å². The number of carboxylic acid groups (broad SMARTS) is 1. The number of carboxylic acids is 1. The summed E-state index contributed by atoms with van der Waals surface area (Å²) < 4.78 is 0. The molecule has 0 saturated heterocycles. The van der Waals surface area contributed by atoms with Crippen molar-refractivity contribution in [3.63, 3.8) is 0 Å². The molecule has 2 aromatic rings.